The first-order valence-corrected chi connectivity index (χ1v) is 10.3. The van der Waals surface area contributed by atoms with Gasteiger partial charge in [-0.15, -0.1) is 0 Å². The maximum Gasteiger partial charge on any atom is 0.313 e. The highest BCUT2D eigenvalue weighted by Crippen LogP contribution is 2.25. The van der Waals surface area contributed by atoms with E-state index in [9.17, 15) is 14.0 Å². The van der Waals surface area contributed by atoms with E-state index in [2.05, 4.69) is 27.5 Å². The molecule has 8 heteroatoms. The van der Waals surface area contributed by atoms with Gasteiger partial charge in [-0.25, -0.2) is 4.39 Å². The highest BCUT2D eigenvalue weighted by atomic mass is 19.1. The van der Waals surface area contributed by atoms with E-state index >= 15 is 0 Å². The van der Waals surface area contributed by atoms with Crippen LogP contribution < -0.4 is 15.4 Å². The molecular weight excluding hydrogens is 399 g/mol. The molecule has 0 aliphatic carbocycles. The van der Waals surface area contributed by atoms with Gasteiger partial charge in [-0.1, -0.05) is 18.2 Å². The van der Waals surface area contributed by atoms with Crippen molar-refractivity contribution in [1.29, 1.82) is 0 Å². The Bertz CT molecular complexity index is 912. The number of ether oxygens (including phenoxy) is 1. The summed E-state index contributed by atoms with van der Waals surface area (Å²) in [6.07, 6.45) is 0. The quantitative estimate of drug-likeness (QED) is 0.690. The second-order valence-corrected chi connectivity index (χ2v) is 7.77. The molecule has 1 atom stereocenters. The van der Waals surface area contributed by atoms with Gasteiger partial charge in [0.2, 0.25) is 0 Å². The molecule has 0 spiro atoms. The van der Waals surface area contributed by atoms with Crippen LogP contribution in [0.25, 0.3) is 0 Å². The van der Waals surface area contributed by atoms with Crippen LogP contribution >= 0.6 is 0 Å². The number of methoxy groups -OCH3 is 1. The molecule has 2 aromatic rings. The third kappa shape index (κ3) is 6.02. The number of anilines is 1. The predicted molar refractivity (Wildman–Crippen MR) is 118 cm³/mol. The summed E-state index contributed by atoms with van der Waals surface area (Å²) < 4.78 is 18.7. The highest BCUT2D eigenvalue weighted by molar-refractivity contribution is 6.39. The fourth-order valence-electron chi connectivity index (χ4n) is 3.64. The lowest BCUT2D eigenvalue weighted by atomic mass is 10.0. The number of piperazine rings is 1. The van der Waals surface area contributed by atoms with Crippen molar-refractivity contribution in [3.63, 3.8) is 0 Å². The maximum absolute atomic E-state index is 13.4. The number of aryl methyl sites for hydroxylation is 1. The van der Waals surface area contributed by atoms with Crippen LogP contribution in [0.1, 0.15) is 17.2 Å². The number of rotatable bonds is 6. The van der Waals surface area contributed by atoms with Gasteiger partial charge in [0, 0.05) is 32.7 Å². The summed E-state index contributed by atoms with van der Waals surface area (Å²) >= 11 is 0. The lowest BCUT2D eigenvalue weighted by molar-refractivity contribution is -0.136. The molecule has 3 rings (SSSR count). The van der Waals surface area contributed by atoms with Gasteiger partial charge in [-0.3, -0.25) is 14.5 Å². The second-order valence-electron chi connectivity index (χ2n) is 7.77. The van der Waals surface area contributed by atoms with E-state index in [1.807, 2.05) is 13.0 Å². The molecule has 7 nitrogen and oxygen atoms in total. The molecular formula is C23H29FN4O3. The first-order valence-electron chi connectivity index (χ1n) is 10.3. The SMILES string of the molecule is COc1ccc(C)cc1NC(=O)C(=O)NC[C@@H](c1ccc(F)cc1)N1CCN(C)CC1. The van der Waals surface area contributed by atoms with Crippen LogP contribution in [-0.4, -0.2) is 68.5 Å². The monoisotopic (exact) mass is 428 g/mol. The van der Waals surface area contributed by atoms with Gasteiger partial charge in [0.1, 0.15) is 11.6 Å². The molecule has 166 valence electrons. The number of halogens is 1. The van der Waals surface area contributed by atoms with E-state index in [4.69, 9.17) is 4.74 Å². The molecule has 1 heterocycles. The van der Waals surface area contributed by atoms with Gasteiger partial charge >= 0.3 is 11.8 Å². The minimum absolute atomic E-state index is 0.153. The lowest BCUT2D eigenvalue weighted by Gasteiger charge is -2.38. The highest BCUT2D eigenvalue weighted by Gasteiger charge is 2.26. The van der Waals surface area contributed by atoms with Gasteiger partial charge in [-0.05, 0) is 49.4 Å². The third-order valence-electron chi connectivity index (χ3n) is 5.50. The van der Waals surface area contributed by atoms with Gasteiger partial charge in [0.15, 0.2) is 0 Å². The summed E-state index contributed by atoms with van der Waals surface area (Å²) in [7, 11) is 3.57. The Hall–Kier alpha value is -2.97. The van der Waals surface area contributed by atoms with Gasteiger partial charge in [0.25, 0.3) is 0 Å². The van der Waals surface area contributed by atoms with Gasteiger partial charge in [-0.2, -0.15) is 0 Å². The van der Waals surface area contributed by atoms with Crippen molar-refractivity contribution >= 4 is 17.5 Å². The molecule has 1 aliphatic heterocycles. The summed E-state index contributed by atoms with van der Waals surface area (Å²) in [4.78, 5) is 29.4. The van der Waals surface area contributed by atoms with E-state index in [1.54, 1.807) is 24.3 Å². The largest absolute Gasteiger partial charge is 0.495 e. The molecule has 0 unspecified atom stereocenters. The van der Waals surface area contributed by atoms with Crippen LogP contribution in [0.3, 0.4) is 0 Å². The molecule has 2 amide bonds. The number of nitrogens with one attached hydrogen (secondary N) is 2. The predicted octanol–water partition coefficient (Wildman–Crippen LogP) is 2.19. The van der Waals surface area contributed by atoms with Crippen LogP contribution in [0.15, 0.2) is 42.5 Å². The van der Waals surface area contributed by atoms with Gasteiger partial charge in [0.05, 0.1) is 18.8 Å². The first-order chi connectivity index (χ1) is 14.9. The Morgan fingerprint density at radius 3 is 2.39 bits per heavy atom. The van der Waals surface area contributed by atoms with E-state index < -0.39 is 11.8 Å². The van der Waals surface area contributed by atoms with Crippen molar-refractivity contribution in [1.82, 2.24) is 15.1 Å². The van der Waals surface area contributed by atoms with Crippen LogP contribution in [0.5, 0.6) is 5.75 Å². The summed E-state index contributed by atoms with van der Waals surface area (Å²) in [5.41, 5.74) is 2.27. The summed E-state index contributed by atoms with van der Waals surface area (Å²) in [6, 6.07) is 11.5. The van der Waals surface area contributed by atoms with Crippen molar-refractivity contribution in [3.05, 3.63) is 59.4 Å². The number of benzene rings is 2. The van der Waals surface area contributed by atoms with E-state index in [0.29, 0.717) is 11.4 Å². The first kappa shape index (κ1) is 22.7. The molecule has 0 radical (unpaired) electrons. The fraction of sp³-hybridized carbons (Fsp3) is 0.391. The minimum atomic E-state index is -0.764. The van der Waals surface area contributed by atoms with Crippen molar-refractivity contribution in [2.24, 2.45) is 0 Å². The Morgan fingerprint density at radius 1 is 1.06 bits per heavy atom. The zero-order chi connectivity index (χ0) is 22.4. The summed E-state index contributed by atoms with van der Waals surface area (Å²) in [5.74, 6) is -1.32. The van der Waals surface area contributed by atoms with Crippen molar-refractivity contribution in [3.8, 4) is 5.75 Å². The Kier molecular flexibility index (Phi) is 7.59. The normalized spacial score (nSPS) is 15.9. The maximum atomic E-state index is 13.4. The number of nitrogens with zero attached hydrogens (tertiary/aromatic N) is 2. The summed E-state index contributed by atoms with van der Waals surface area (Å²) in [6.45, 7) is 5.58. The molecule has 31 heavy (non-hydrogen) atoms. The second kappa shape index (κ2) is 10.4. The average Bonchev–Trinajstić information content (AvgIpc) is 2.76. The Labute approximate surface area is 182 Å². The smallest absolute Gasteiger partial charge is 0.313 e. The molecule has 1 aliphatic rings. The van der Waals surface area contributed by atoms with Gasteiger partial charge < -0.3 is 20.3 Å². The third-order valence-corrected chi connectivity index (χ3v) is 5.50. The minimum Gasteiger partial charge on any atom is -0.495 e. The van der Waals surface area contributed by atoms with Crippen LogP contribution in [-0.2, 0) is 9.59 Å². The molecule has 0 aromatic heterocycles. The average molecular weight is 429 g/mol. The zero-order valence-corrected chi connectivity index (χ0v) is 18.2. The molecule has 2 aromatic carbocycles. The zero-order valence-electron chi connectivity index (χ0n) is 18.2. The molecule has 1 saturated heterocycles. The Balaban J connectivity index is 1.67. The topological polar surface area (TPSA) is 73.9 Å². The van der Waals surface area contributed by atoms with E-state index in [-0.39, 0.29) is 18.4 Å². The lowest BCUT2D eigenvalue weighted by Crippen LogP contribution is -2.49. The standard InChI is InChI=1S/C23H29FN4O3/c1-16-4-9-21(31-3)19(14-16)26-23(30)22(29)25-15-20(17-5-7-18(24)8-6-17)28-12-10-27(2)11-13-28/h4-9,14,20H,10-13,15H2,1-3H3,(H,25,29)(H,26,30)/t20-/m0/s1. The van der Waals surface area contributed by atoms with Crippen molar-refractivity contribution in [2.45, 2.75) is 13.0 Å². The van der Waals surface area contributed by atoms with Crippen molar-refractivity contribution < 1.29 is 18.7 Å². The van der Waals surface area contributed by atoms with Crippen molar-refractivity contribution in [2.75, 3.05) is 52.2 Å². The molecule has 1 fully saturated rings. The molecule has 2 N–H and O–H groups in total. The van der Waals surface area contributed by atoms with E-state index in [1.165, 1.54) is 19.2 Å². The van der Waals surface area contributed by atoms with E-state index in [0.717, 1.165) is 37.3 Å². The van der Waals surface area contributed by atoms with Crippen LogP contribution in [0, 0.1) is 12.7 Å². The van der Waals surface area contributed by atoms with Crippen LogP contribution in [0.2, 0.25) is 0 Å². The molecule has 0 saturated carbocycles. The number of carbonyl (C=O) groups is 2. The number of likely N-dealkylation sites (N-methyl/N-ethyl adjacent to an activating group) is 1. The number of hydrogen-bond acceptors (Lipinski definition) is 5. The Morgan fingerprint density at radius 2 is 1.74 bits per heavy atom. The number of carbonyl (C=O) groups excluding carboxylic acids is 2. The summed E-state index contributed by atoms with van der Waals surface area (Å²) in [5, 5.41) is 5.35. The fourth-order valence-corrected chi connectivity index (χ4v) is 3.64. The molecule has 0 bridgehead atoms. The number of amides is 2. The van der Waals surface area contributed by atoms with Crippen LogP contribution in [0.4, 0.5) is 10.1 Å². The number of hydrogen-bond donors (Lipinski definition) is 2.